The van der Waals surface area contributed by atoms with Crippen LogP contribution in [0.15, 0.2) is 177 Å². The van der Waals surface area contributed by atoms with Crippen LogP contribution in [-0.4, -0.2) is 6.71 Å². The second-order valence-corrected chi connectivity index (χ2v) is 12.7. The minimum atomic E-state index is 0.122. The molecule has 49 heavy (non-hydrogen) atoms. The van der Waals surface area contributed by atoms with Crippen molar-refractivity contribution in [1.82, 2.24) is 0 Å². The normalized spacial score (nSPS) is 12.5. The van der Waals surface area contributed by atoms with Crippen LogP contribution in [0.3, 0.4) is 0 Å². The highest BCUT2D eigenvalue weighted by atomic mass is 15.2. The number of fused-ring (bicyclic) bond motifs is 4. The van der Waals surface area contributed by atoms with Crippen LogP contribution in [0.4, 0.5) is 34.1 Å². The van der Waals surface area contributed by atoms with Gasteiger partial charge in [-0.1, -0.05) is 141 Å². The molecule has 0 amide bonds. The zero-order valence-corrected chi connectivity index (χ0v) is 27.1. The van der Waals surface area contributed by atoms with Crippen molar-refractivity contribution >= 4 is 69.4 Å². The van der Waals surface area contributed by atoms with Gasteiger partial charge in [-0.2, -0.15) is 0 Å². The number of para-hydroxylation sites is 2. The molecule has 0 fully saturated rings. The lowest BCUT2D eigenvalue weighted by molar-refractivity contribution is 1.25. The van der Waals surface area contributed by atoms with E-state index in [-0.39, 0.29) is 6.71 Å². The molecule has 0 aromatic heterocycles. The van der Waals surface area contributed by atoms with Crippen molar-refractivity contribution in [2.45, 2.75) is 0 Å². The summed E-state index contributed by atoms with van der Waals surface area (Å²) in [5.41, 5.74) is 18.1. The number of nitrogens with zero attached hydrogens (tertiary/aromatic N) is 2. The van der Waals surface area contributed by atoms with Crippen LogP contribution in [0, 0.1) is 0 Å². The van der Waals surface area contributed by atoms with Gasteiger partial charge >= 0.3 is 0 Å². The lowest BCUT2D eigenvalue weighted by atomic mass is 9.33. The Balaban J connectivity index is 1.17. The molecular formula is C46H33BN2. The molecule has 7 aromatic carbocycles. The van der Waals surface area contributed by atoms with E-state index in [9.17, 15) is 0 Å². The summed E-state index contributed by atoms with van der Waals surface area (Å²) < 4.78 is 0. The summed E-state index contributed by atoms with van der Waals surface area (Å²) in [6, 6.07) is 59.6. The molecule has 0 radical (unpaired) electrons. The van der Waals surface area contributed by atoms with Gasteiger partial charge in [0.1, 0.15) is 0 Å². The van der Waals surface area contributed by atoms with Crippen molar-refractivity contribution in [1.29, 1.82) is 0 Å². The fourth-order valence-electron chi connectivity index (χ4n) is 7.62. The Morgan fingerprint density at radius 2 is 0.714 bits per heavy atom. The van der Waals surface area contributed by atoms with E-state index in [4.69, 9.17) is 0 Å². The quantitative estimate of drug-likeness (QED) is 0.170. The molecule has 2 nitrogen and oxygen atoms in total. The Kier molecular flexibility index (Phi) is 6.91. The molecular weight excluding hydrogens is 591 g/mol. The van der Waals surface area contributed by atoms with Crippen molar-refractivity contribution in [2.24, 2.45) is 0 Å². The van der Waals surface area contributed by atoms with Crippen LogP contribution >= 0.6 is 0 Å². The average Bonchev–Trinajstić information content (AvgIpc) is 3.18. The van der Waals surface area contributed by atoms with E-state index >= 15 is 0 Å². The summed E-state index contributed by atoms with van der Waals surface area (Å²) in [7, 11) is 0. The fourth-order valence-corrected chi connectivity index (χ4v) is 7.62. The molecule has 0 spiro atoms. The maximum Gasteiger partial charge on any atom is 0.252 e. The zero-order valence-electron chi connectivity index (χ0n) is 27.1. The van der Waals surface area contributed by atoms with Crippen LogP contribution in [0.1, 0.15) is 11.1 Å². The summed E-state index contributed by atoms with van der Waals surface area (Å²) in [5.74, 6) is 0. The molecule has 9 rings (SSSR count). The third-order valence-electron chi connectivity index (χ3n) is 10.0. The molecule has 0 aliphatic carbocycles. The molecule has 0 bridgehead atoms. The summed E-state index contributed by atoms with van der Waals surface area (Å²) in [5, 5.41) is 0. The maximum atomic E-state index is 3.90. The molecule has 0 saturated carbocycles. The summed E-state index contributed by atoms with van der Waals surface area (Å²) in [6.07, 6.45) is 3.76. The van der Waals surface area contributed by atoms with Crippen molar-refractivity contribution in [3.63, 3.8) is 0 Å². The average molecular weight is 625 g/mol. The van der Waals surface area contributed by atoms with E-state index in [1.54, 1.807) is 0 Å². The highest BCUT2D eigenvalue weighted by Gasteiger charge is 2.42. The molecule has 0 unspecified atom stereocenters. The third kappa shape index (κ3) is 4.74. The topological polar surface area (TPSA) is 6.48 Å². The van der Waals surface area contributed by atoms with Gasteiger partial charge in [0.25, 0.3) is 6.71 Å². The Labute approximate surface area is 288 Å². The summed E-state index contributed by atoms with van der Waals surface area (Å²) in [6.45, 7) is 7.92. The minimum absolute atomic E-state index is 0.122. The van der Waals surface area contributed by atoms with Gasteiger partial charge in [0.2, 0.25) is 0 Å². The molecule has 3 heteroatoms. The highest BCUT2D eigenvalue weighted by molar-refractivity contribution is 7.00. The third-order valence-corrected chi connectivity index (χ3v) is 10.0. The molecule has 0 N–H and O–H groups in total. The predicted molar refractivity (Wildman–Crippen MR) is 212 cm³/mol. The zero-order chi connectivity index (χ0) is 32.9. The van der Waals surface area contributed by atoms with Crippen LogP contribution in [-0.2, 0) is 0 Å². The molecule has 2 aliphatic rings. The van der Waals surface area contributed by atoms with E-state index in [0.29, 0.717) is 0 Å². The van der Waals surface area contributed by atoms with Gasteiger partial charge in [-0.05, 0) is 98.3 Å². The number of hydrogen-bond donors (Lipinski definition) is 0. The van der Waals surface area contributed by atoms with Crippen molar-refractivity contribution in [3.05, 3.63) is 188 Å². The Bertz CT molecular complexity index is 2190. The largest absolute Gasteiger partial charge is 0.311 e. The molecule has 7 aromatic rings. The highest BCUT2D eigenvalue weighted by Crippen LogP contribution is 2.44. The van der Waals surface area contributed by atoms with E-state index < -0.39 is 0 Å². The van der Waals surface area contributed by atoms with Gasteiger partial charge in [0, 0.05) is 34.1 Å². The second-order valence-electron chi connectivity index (χ2n) is 12.7. The van der Waals surface area contributed by atoms with Gasteiger partial charge < -0.3 is 9.80 Å². The molecule has 2 aliphatic heterocycles. The van der Waals surface area contributed by atoms with E-state index in [0.717, 1.165) is 22.5 Å². The number of benzene rings is 7. The SMILES string of the molecule is C=Cc1ccc(-c2ccc(N3c4ccccc4B4c5ccccc5N(c5ccc(-c6ccc(C=C)cc6)cc5)c5cccc3c54)cc2)cc1. The molecule has 230 valence electrons. The number of hydrogen-bond acceptors (Lipinski definition) is 2. The van der Waals surface area contributed by atoms with Gasteiger partial charge in [-0.3, -0.25) is 0 Å². The first-order valence-corrected chi connectivity index (χ1v) is 16.8. The van der Waals surface area contributed by atoms with Gasteiger partial charge in [-0.25, -0.2) is 0 Å². The Morgan fingerprint density at radius 1 is 0.367 bits per heavy atom. The van der Waals surface area contributed by atoms with Crippen LogP contribution in [0.25, 0.3) is 34.4 Å². The molecule has 2 heterocycles. The maximum absolute atomic E-state index is 3.90. The first kappa shape index (κ1) is 28.9. The number of rotatable bonds is 6. The molecule has 0 saturated heterocycles. The van der Waals surface area contributed by atoms with Crippen molar-refractivity contribution in [2.75, 3.05) is 9.80 Å². The Hall–Kier alpha value is -6.32. The summed E-state index contributed by atoms with van der Waals surface area (Å²) >= 11 is 0. The summed E-state index contributed by atoms with van der Waals surface area (Å²) in [4.78, 5) is 4.88. The molecule has 0 atom stereocenters. The van der Waals surface area contributed by atoms with E-state index in [1.807, 2.05) is 12.2 Å². The Morgan fingerprint density at radius 3 is 1.10 bits per heavy atom. The van der Waals surface area contributed by atoms with Gasteiger partial charge in [0.15, 0.2) is 0 Å². The first-order chi connectivity index (χ1) is 24.2. The second kappa shape index (κ2) is 11.7. The standard InChI is InChI=1S/C46H33BN2/c1-3-32-16-20-34(21-17-32)36-24-28-38(29-25-36)48-42-12-7-5-10-40(42)47-41-11-6-8-13-43(41)49(45-15-9-14-44(48)46(45)47)39-30-26-37(27-31-39)35-22-18-33(4-2)19-23-35/h3-31H,1-2H2. The van der Waals surface area contributed by atoms with Crippen molar-refractivity contribution < 1.29 is 0 Å². The van der Waals surface area contributed by atoms with Crippen LogP contribution in [0.5, 0.6) is 0 Å². The van der Waals surface area contributed by atoms with Crippen molar-refractivity contribution in [3.8, 4) is 22.3 Å². The van der Waals surface area contributed by atoms with Gasteiger partial charge in [-0.15, -0.1) is 0 Å². The first-order valence-electron chi connectivity index (χ1n) is 16.8. The predicted octanol–water partition coefficient (Wildman–Crippen LogP) is 10.4. The monoisotopic (exact) mass is 624 g/mol. The smallest absolute Gasteiger partial charge is 0.252 e. The lowest BCUT2D eigenvalue weighted by Crippen LogP contribution is -2.61. The number of anilines is 6. The van der Waals surface area contributed by atoms with Gasteiger partial charge in [0.05, 0.1) is 0 Å². The lowest BCUT2D eigenvalue weighted by Gasteiger charge is -2.44. The van der Waals surface area contributed by atoms with Crippen LogP contribution < -0.4 is 26.2 Å². The van der Waals surface area contributed by atoms with E-state index in [2.05, 4.69) is 187 Å². The minimum Gasteiger partial charge on any atom is -0.311 e. The van der Waals surface area contributed by atoms with Crippen LogP contribution in [0.2, 0.25) is 0 Å². The van der Waals surface area contributed by atoms with E-state index in [1.165, 1.54) is 61.4 Å². The fraction of sp³-hybridized carbons (Fsp3) is 0.